The molecule has 1 heteroatoms. The maximum atomic E-state index is 11.7. The van der Waals surface area contributed by atoms with Gasteiger partial charge in [0, 0.05) is 12.3 Å². The van der Waals surface area contributed by atoms with Crippen molar-refractivity contribution >= 4 is 5.78 Å². The first-order valence-corrected chi connectivity index (χ1v) is 5.78. The molecule has 0 unspecified atom stereocenters. The van der Waals surface area contributed by atoms with Crippen LogP contribution in [0.1, 0.15) is 60.3 Å². The van der Waals surface area contributed by atoms with Crippen LogP contribution in [-0.4, -0.2) is 5.78 Å². The van der Waals surface area contributed by atoms with Crippen molar-refractivity contribution in [1.29, 1.82) is 0 Å². The van der Waals surface area contributed by atoms with Crippen LogP contribution in [0.4, 0.5) is 0 Å². The Bertz CT molecular complexity index is 209. The molecule has 0 aromatic rings. The summed E-state index contributed by atoms with van der Waals surface area (Å²) in [6.45, 7) is 11.2. The summed E-state index contributed by atoms with van der Waals surface area (Å²) in [6.07, 6.45) is 4.12. The number of hydrogen-bond acceptors (Lipinski definition) is 1. The van der Waals surface area contributed by atoms with Crippen molar-refractivity contribution < 1.29 is 4.79 Å². The molecule has 1 aliphatic rings. The highest BCUT2D eigenvalue weighted by Gasteiger charge is 2.40. The highest BCUT2D eigenvalue weighted by molar-refractivity contribution is 5.80. The van der Waals surface area contributed by atoms with Gasteiger partial charge in [0.2, 0.25) is 0 Å². The first-order chi connectivity index (χ1) is 6.26. The molecule has 0 saturated heterocycles. The molecule has 1 nitrogen and oxygen atoms in total. The van der Waals surface area contributed by atoms with Crippen LogP contribution in [0.25, 0.3) is 0 Å². The van der Waals surface area contributed by atoms with E-state index in [1.165, 1.54) is 6.42 Å². The minimum Gasteiger partial charge on any atom is -0.299 e. The molecule has 0 aliphatic heterocycles. The van der Waals surface area contributed by atoms with Crippen molar-refractivity contribution in [3.63, 3.8) is 0 Å². The van der Waals surface area contributed by atoms with Gasteiger partial charge in [-0.1, -0.05) is 34.6 Å². The molecular formula is C13H24O. The Balaban J connectivity index is 2.76. The Labute approximate surface area is 88.3 Å². The van der Waals surface area contributed by atoms with Gasteiger partial charge in [-0.2, -0.15) is 0 Å². The minimum absolute atomic E-state index is 0.318. The third-order valence-corrected chi connectivity index (χ3v) is 3.36. The topological polar surface area (TPSA) is 17.1 Å². The van der Waals surface area contributed by atoms with Gasteiger partial charge in [-0.15, -0.1) is 0 Å². The van der Waals surface area contributed by atoms with Gasteiger partial charge < -0.3 is 0 Å². The lowest BCUT2D eigenvalue weighted by Gasteiger charge is -2.44. The lowest BCUT2D eigenvalue weighted by molar-refractivity contribution is -0.126. The van der Waals surface area contributed by atoms with Crippen LogP contribution in [-0.2, 0) is 4.79 Å². The van der Waals surface area contributed by atoms with Crippen molar-refractivity contribution in [2.45, 2.75) is 60.3 Å². The van der Waals surface area contributed by atoms with Crippen molar-refractivity contribution in [3.8, 4) is 0 Å². The van der Waals surface area contributed by atoms with E-state index >= 15 is 0 Å². The van der Waals surface area contributed by atoms with E-state index in [1.807, 2.05) is 6.92 Å². The van der Waals surface area contributed by atoms with Crippen LogP contribution in [0, 0.1) is 16.7 Å². The van der Waals surface area contributed by atoms with E-state index in [0.29, 0.717) is 29.0 Å². The summed E-state index contributed by atoms with van der Waals surface area (Å²) < 4.78 is 0. The molecule has 0 aromatic heterocycles. The lowest BCUT2D eigenvalue weighted by Crippen LogP contribution is -2.36. The summed E-state index contributed by atoms with van der Waals surface area (Å²) in [5, 5.41) is 0. The second-order valence-corrected chi connectivity index (χ2v) is 6.43. The summed E-state index contributed by atoms with van der Waals surface area (Å²) in [4.78, 5) is 11.7. The first kappa shape index (κ1) is 11.7. The molecule has 0 aromatic carbocycles. The van der Waals surface area contributed by atoms with E-state index in [9.17, 15) is 4.79 Å². The number of carbonyl (C=O) groups excluding carboxylic acids is 1. The molecule has 1 rings (SSSR count). The normalized spacial score (nSPS) is 26.1. The predicted octanol–water partition coefficient (Wildman–Crippen LogP) is 3.82. The van der Waals surface area contributed by atoms with Gasteiger partial charge in [-0.3, -0.25) is 4.79 Å². The Kier molecular flexibility index (Phi) is 3.08. The van der Waals surface area contributed by atoms with Gasteiger partial charge in [-0.25, -0.2) is 0 Å². The number of carbonyl (C=O) groups is 1. The maximum Gasteiger partial charge on any atom is 0.135 e. The number of hydrogen-bond donors (Lipinski definition) is 0. The molecule has 0 N–H and O–H groups in total. The number of rotatable bonds is 2. The fourth-order valence-corrected chi connectivity index (χ4v) is 3.36. The first-order valence-electron chi connectivity index (χ1n) is 5.78. The van der Waals surface area contributed by atoms with Crippen molar-refractivity contribution in [2.75, 3.05) is 0 Å². The monoisotopic (exact) mass is 196 g/mol. The summed E-state index contributed by atoms with van der Waals surface area (Å²) in [6, 6.07) is 0. The van der Waals surface area contributed by atoms with Crippen LogP contribution in [0.5, 0.6) is 0 Å². The van der Waals surface area contributed by atoms with E-state index < -0.39 is 0 Å². The smallest absolute Gasteiger partial charge is 0.135 e. The molecule has 1 fully saturated rings. The van der Waals surface area contributed by atoms with E-state index in [-0.39, 0.29) is 0 Å². The fourth-order valence-electron chi connectivity index (χ4n) is 3.36. The van der Waals surface area contributed by atoms with Crippen molar-refractivity contribution in [1.82, 2.24) is 0 Å². The van der Waals surface area contributed by atoms with Crippen LogP contribution in [0.15, 0.2) is 0 Å². The number of Topliss-reactive ketones (excluding diaryl/α,β-unsaturated/α-hetero) is 1. The summed E-state index contributed by atoms with van der Waals surface area (Å²) in [7, 11) is 0. The fraction of sp³-hybridized carbons (Fsp3) is 0.923. The number of ketones is 1. The third-order valence-electron chi connectivity index (χ3n) is 3.36. The van der Waals surface area contributed by atoms with Gasteiger partial charge in [0.15, 0.2) is 0 Å². The van der Waals surface area contributed by atoms with Gasteiger partial charge >= 0.3 is 0 Å². The Morgan fingerprint density at radius 2 is 1.57 bits per heavy atom. The predicted molar refractivity (Wildman–Crippen MR) is 60.2 cm³/mol. The van der Waals surface area contributed by atoms with Crippen LogP contribution in [0.2, 0.25) is 0 Å². The van der Waals surface area contributed by atoms with Gasteiger partial charge in [0.05, 0.1) is 0 Å². The molecule has 0 bridgehead atoms. The summed E-state index contributed by atoms with van der Waals surface area (Å²) >= 11 is 0. The highest BCUT2D eigenvalue weighted by Crippen LogP contribution is 2.48. The molecule has 0 radical (unpaired) electrons. The Morgan fingerprint density at radius 3 is 1.93 bits per heavy atom. The van der Waals surface area contributed by atoms with E-state index in [2.05, 4.69) is 27.7 Å². The Hall–Kier alpha value is -0.330. The summed E-state index contributed by atoms with van der Waals surface area (Å²) in [5.74, 6) is 0.782. The highest BCUT2D eigenvalue weighted by atomic mass is 16.1. The maximum absolute atomic E-state index is 11.7. The van der Waals surface area contributed by atoms with E-state index in [1.54, 1.807) is 0 Å². The molecule has 0 atom stereocenters. The second-order valence-electron chi connectivity index (χ2n) is 6.43. The zero-order valence-electron chi connectivity index (χ0n) is 10.3. The van der Waals surface area contributed by atoms with Gasteiger partial charge in [-0.05, 0) is 30.1 Å². The van der Waals surface area contributed by atoms with Gasteiger partial charge in [0.25, 0.3) is 0 Å². The molecule has 0 heterocycles. The zero-order chi connectivity index (χ0) is 11.0. The largest absolute Gasteiger partial charge is 0.299 e. The SMILES string of the molecule is CCC(=O)C1CC(C)(C)CC(C)(C)C1. The quantitative estimate of drug-likeness (QED) is 0.656. The minimum atomic E-state index is 0.318. The molecule has 1 saturated carbocycles. The molecule has 82 valence electrons. The third kappa shape index (κ3) is 2.83. The Morgan fingerprint density at radius 1 is 1.14 bits per heavy atom. The van der Waals surface area contributed by atoms with Crippen LogP contribution in [0.3, 0.4) is 0 Å². The average molecular weight is 196 g/mol. The second kappa shape index (κ2) is 3.67. The zero-order valence-corrected chi connectivity index (χ0v) is 10.3. The van der Waals surface area contributed by atoms with Crippen LogP contribution >= 0.6 is 0 Å². The lowest BCUT2D eigenvalue weighted by atomic mass is 9.60. The van der Waals surface area contributed by atoms with E-state index in [0.717, 1.165) is 12.8 Å². The average Bonchev–Trinajstić information content (AvgIpc) is 1.97. The standard InChI is InChI=1S/C13H24O/c1-6-11(14)10-7-12(2,3)9-13(4,5)8-10/h10H,6-9H2,1-5H3. The summed E-state index contributed by atoms with van der Waals surface area (Å²) in [5.41, 5.74) is 0.689. The van der Waals surface area contributed by atoms with Crippen molar-refractivity contribution in [2.24, 2.45) is 16.7 Å². The van der Waals surface area contributed by atoms with E-state index in [4.69, 9.17) is 0 Å². The van der Waals surface area contributed by atoms with Crippen molar-refractivity contribution in [3.05, 3.63) is 0 Å². The molecule has 14 heavy (non-hydrogen) atoms. The molecular weight excluding hydrogens is 172 g/mol. The molecule has 0 amide bonds. The molecule has 0 spiro atoms. The van der Waals surface area contributed by atoms with Gasteiger partial charge in [0.1, 0.15) is 5.78 Å². The van der Waals surface area contributed by atoms with Crippen LogP contribution < -0.4 is 0 Å². The molecule has 1 aliphatic carbocycles.